The highest BCUT2D eigenvalue weighted by molar-refractivity contribution is 5.82. The summed E-state index contributed by atoms with van der Waals surface area (Å²) in [6, 6.07) is 4.43. The fourth-order valence-electron chi connectivity index (χ4n) is 2.44. The third-order valence-electron chi connectivity index (χ3n) is 3.71. The van der Waals surface area contributed by atoms with Crippen molar-refractivity contribution in [3.05, 3.63) is 29.3 Å². The summed E-state index contributed by atoms with van der Waals surface area (Å²) in [5.74, 6) is -0.173. The van der Waals surface area contributed by atoms with E-state index < -0.39 is 18.0 Å². The first-order valence-electron chi connectivity index (χ1n) is 8.51. The number of aryl methyl sites for hydroxylation is 1. The molecule has 0 spiro atoms. The molecule has 0 bridgehead atoms. The van der Waals surface area contributed by atoms with Gasteiger partial charge in [-0.15, -0.1) is 0 Å². The first-order chi connectivity index (χ1) is 11.5. The van der Waals surface area contributed by atoms with Gasteiger partial charge in [0.15, 0.2) is 6.73 Å². The lowest BCUT2D eigenvalue weighted by Gasteiger charge is -2.23. The monoisotopic (exact) mass is 350 g/mol. The molecule has 1 aromatic carbocycles. The van der Waals surface area contributed by atoms with Crippen LogP contribution < -0.4 is 15.4 Å². The zero-order valence-corrected chi connectivity index (χ0v) is 16.0. The molecule has 0 saturated heterocycles. The normalized spacial score (nSPS) is 12.6. The Balaban J connectivity index is 2.63. The molecule has 0 aliphatic heterocycles. The second-order valence-corrected chi connectivity index (χ2v) is 7.71. The number of ether oxygens (including phenoxy) is 1. The van der Waals surface area contributed by atoms with Crippen LogP contribution in [0.5, 0.6) is 5.75 Å². The molecule has 6 heteroatoms. The van der Waals surface area contributed by atoms with Gasteiger partial charge in [-0.05, 0) is 36.3 Å². The zero-order valence-electron chi connectivity index (χ0n) is 16.0. The highest BCUT2D eigenvalue weighted by atomic mass is 16.5. The Morgan fingerprint density at radius 1 is 1.24 bits per heavy atom. The van der Waals surface area contributed by atoms with Gasteiger partial charge in [0.2, 0.25) is 0 Å². The Kier molecular flexibility index (Phi) is 7.27. The predicted molar refractivity (Wildman–Crippen MR) is 97.9 cm³/mol. The van der Waals surface area contributed by atoms with Crippen LogP contribution in [0.15, 0.2) is 18.2 Å². The number of nitrogens with one attached hydrogen (secondary N) is 2. The molecular weight excluding hydrogens is 320 g/mol. The molecule has 1 rings (SSSR count). The number of urea groups is 1. The van der Waals surface area contributed by atoms with Crippen LogP contribution in [0.4, 0.5) is 4.79 Å². The lowest BCUT2D eigenvalue weighted by atomic mass is 9.85. The van der Waals surface area contributed by atoms with Crippen LogP contribution in [-0.2, 0) is 10.2 Å². The quantitative estimate of drug-likeness (QED) is 0.658. The van der Waals surface area contributed by atoms with Crippen molar-refractivity contribution in [3.63, 3.8) is 0 Å². The van der Waals surface area contributed by atoms with E-state index in [0.717, 1.165) is 11.1 Å². The second kappa shape index (κ2) is 8.74. The van der Waals surface area contributed by atoms with Crippen molar-refractivity contribution in [2.75, 3.05) is 6.73 Å². The fraction of sp³-hybridized carbons (Fsp3) is 0.579. The van der Waals surface area contributed by atoms with E-state index in [4.69, 9.17) is 9.84 Å². The maximum Gasteiger partial charge on any atom is 0.326 e. The molecule has 0 saturated carbocycles. The second-order valence-electron chi connectivity index (χ2n) is 7.71. The third-order valence-corrected chi connectivity index (χ3v) is 3.71. The topological polar surface area (TPSA) is 87.7 Å². The maximum atomic E-state index is 11.9. The van der Waals surface area contributed by atoms with Crippen LogP contribution in [0.25, 0.3) is 0 Å². The van der Waals surface area contributed by atoms with Gasteiger partial charge < -0.3 is 20.5 Å². The lowest BCUT2D eigenvalue weighted by Crippen LogP contribution is -2.47. The van der Waals surface area contributed by atoms with Crippen LogP contribution in [0.3, 0.4) is 0 Å². The number of carboxylic acid groups (broad SMARTS) is 1. The number of aliphatic carboxylic acids is 1. The van der Waals surface area contributed by atoms with Crippen LogP contribution in [0.2, 0.25) is 0 Å². The minimum absolute atomic E-state index is 0.0357. The van der Waals surface area contributed by atoms with Gasteiger partial charge in [0.25, 0.3) is 0 Å². The number of hydrogen-bond acceptors (Lipinski definition) is 3. The Bertz CT molecular complexity index is 606. The molecule has 6 nitrogen and oxygen atoms in total. The van der Waals surface area contributed by atoms with Gasteiger partial charge in [-0.2, -0.15) is 0 Å². The minimum atomic E-state index is -1.04. The highest BCUT2D eigenvalue weighted by Gasteiger charge is 2.22. The average Bonchev–Trinajstić information content (AvgIpc) is 2.46. The summed E-state index contributed by atoms with van der Waals surface area (Å²) in [4.78, 5) is 23.1. The van der Waals surface area contributed by atoms with Crippen LogP contribution in [0, 0.1) is 12.8 Å². The van der Waals surface area contributed by atoms with Crippen LogP contribution in [-0.4, -0.2) is 29.9 Å². The number of benzene rings is 1. The molecule has 0 radical (unpaired) electrons. The number of hydrogen-bond donors (Lipinski definition) is 3. The first-order valence-corrected chi connectivity index (χ1v) is 8.51. The SMILES string of the molecule is Cc1ccc(OCNC(=O)NC(CC(C)C)C(=O)O)c(C(C)(C)C)c1. The molecule has 0 aliphatic rings. The van der Waals surface area contributed by atoms with Gasteiger partial charge in [0, 0.05) is 0 Å². The minimum Gasteiger partial charge on any atom is -0.480 e. The maximum absolute atomic E-state index is 11.9. The van der Waals surface area contributed by atoms with Crippen molar-refractivity contribution in [1.82, 2.24) is 10.6 Å². The van der Waals surface area contributed by atoms with Crippen LogP contribution in [0.1, 0.15) is 52.2 Å². The van der Waals surface area contributed by atoms with E-state index in [2.05, 4.69) is 37.5 Å². The van der Waals surface area contributed by atoms with Gasteiger partial charge in [-0.3, -0.25) is 0 Å². The molecular formula is C19H30N2O4. The molecule has 0 aromatic heterocycles. The molecule has 140 valence electrons. The van der Waals surface area contributed by atoms with E-state index in [9.17, 15) is 9.59 Å². The van der Waals surface area contributed by atoms with Crippen molar-refractivity contribution in [1.29, 1.82) is 0 Å². The Morgan fingerprint density at radius 2 is 1.88 bits per heavy atom. The average molecular weight is 350 g/mol. The van der Waals surface area contributed by atoms with Crippen molar-refractivity contribution in [2.45, 2.75) is 59.4 Å². The highest BCUT2D eigenvalue weighted by Crippen LogP contribution is 2.31. The van der Waals surface area contributed by atoms with E-state index in [1.54, 1.807) is 0 Å². The van der Waals surface area contributed by atoms with Crippen molar-refractivity contribution < 1.29 is 19.4 Å². The number of carbonyl (C=O) groups excluding carboxylic acids is 1. The van der Waals surface area contributed by atoms with Crippen molar-refractivity contribution >= 4 is 12.0 Å². The zero-order chi connectivity index (χ0) is 19.2. The molecule has 2 amide bonds. The fourth-order valence-corrected chi connectivity index (χ4v) is 2.44. The lowest BCUT2D eigenvalue weighted by molar-refractivity contribution is -0.139. The number of carboxylic acids is 1. The van der Waals surface area contributed by atoms with Crippen molar-refractivity contribution in [2.24, 2.45) is 5.92 Å². The largest absolute Gasteiger partial charge is 0.480 e. The van der Waals surface area contributed by atoms with Crippen molar-refractivity contribution in [3.8, 4) is 5.75 Å². The molecule has 1 unspecified atom stereocenters. The van der Waals surface area contributed by atoms with Gasteiger partial charge in [-0.25, -0.2) is 9.59 Å². The van der Waals surface area contributed by atoms with E-state index in [-0.39, 0.29) is 18.1 Å². The summed E-state index contributed by atoms with van der Waals surface area (Å²) in [6.07, 6.45) is 0.371. The molecule has 25 heavy (non-hydrogen) atoms. The molecule has 0 aliphatic carbocycles. The third kappa shape index (κ3) is 7.03. The molecule has 1 atom stereocenters. The number of carbonyl (C=O) groups is 2. The summed E-state index contributed by atoms with van der Waals surface area (Å²) < 4.78 is 5.69. The summed E-state index contributed by atoms with van der Waals surface area (Å²) in [6.45, 7) is 12.1. The Hall–Kier alpha value is -2.24. The first kappa shape index (κ1) is 20.8. The van der Waals surface area contributed by atoms with E-state index >= 15 is 0 Å². The molecule has 3 N–H and O–H groups in total. The summed E-state index contributed by atoms with van der Waals surface area (Å²) in [7, 11) is 0. The van der Waals surface area contributed by atoms with E-state index in [0.29, 0.717) is 12.2 Å². The summed E-state index contributed by atoms with van der Waals surface area (Å²) >= 11 is 0. The molecule has 0 heterocycles. The molecule has 1 aromatic rings. The predicted octanol–water partition coefficient (Wildman–Crippen LogP) is 3.43. The standard InChI is InChI=1S/C19H30N2O4/c1-12(2)9-15(17(22)23)21-18(24)20-11-25-16-8-7-13(3)10-14(16)19(4,5)6/h7-8,10,12,15H,9,11H2,1-6H3,(H,22,23)(H2,20,21,24). The van der Waals surface area contributed by atoms with Crippen LogP contribution >= 0.6 is 0 Å². The number of amides is 2. The van der Waals surface area contributed by atoms with E-state index in [1.807, 2.05) is 32.9 Å². The summed E-state index contributed by atoms with van der Waals surface area (Å²) in [5, 5.41) is 14.2. The summed E-state index contributed by atoms with van der Waals surface area (Å²) in [5.41, 5.74) is 2.11. The van der Waals surface area contributed by atoms with E-state index in [1.165, 1.54) is 0 Å². The van der Waals surface area contributed by atoms with Gasteiger partial charge in [-0.1, -0.05) is 52.3 Å². The number of rotatable bonds is 7. The Morgan fingerprint density at radius 3 is 2.40 bits per heavy atom. The smallest absolute Gasteiger partial charge is 0.326 e. The van der Waals surface area contributed by atoms with Gasteiger partial charge >= 0.3 is 12.0 Å². The van der Waals surface area contributed by atoms with Gasteiger partial charge in [0.05, 0.1) is 0 Å². The van der Waals surface area contributed by atoms with Gasteiger partial charge in [0.1, 0.15) is 11.8 Å². The Labute approximate surface area is 150 Å². The molecule has 0 fully saturated rings.